The van der Waals surface area contributed by atoms with Crippen LogP contribution in [0.15, 0.2) is 54.6 Å². The van der Waals surface area contributed by atoms with Crippen molar-refractivity contribution in [2.75, 3.05) is 31.3 Å². The van der Waals surface area contributed by atoms with E-state index in [2.05, 4.69) is 98.1 Å². The monoisotopic (exact) mass is 393 g/mol. The molecule has 0 atom stereocenters. The smallest absolute Gasteiger partial charge is 0.209 e. The highest BCUT2D eigenvalue weighted by Gasteiger charge is 2.42. The summed E-state index contributed by atoms with van der Waals surface area (Å²) in [5.74, 6) is 0.813. The summed E-state index contributed by atoms with van der Waals surface area (Å²) in [5, 5.41) is 7.46. The van der Waals surface area contributed by atoms with Crippen LogP contribution < -0.4 is 10.6 Å². The summed E-state index contributed by atoms with van der Waals surface area (Å²) in [6.45, 7) is 5.42. The largest absolute Gasteiger partial charge is 0.379 e. The number of hydrogen-bond donors (Lipinski definition) is 2. The maximum atomic E-state index is 7.28. The third-order valence-corrected chi connectivity index (χ3v) is 6.09. The number of para-hydroxylation sites is 1. The van der Waals surface area contributed by atoms with Gasteiger partial charge in [0.05, 0.1) is 5.41 Å². The average molecular weight is 394 g/mol. The summed E-state index contributed by atoms with van der Waals surface area (Å²) < 4.78 is 2.29. The molecule has 0 spiro atoms. The van der Waals surface area contributed by atoms with Crippen molar-refractivity contribution in [3.63, 3.8) is 0 Å². The highest BCUT2D eigenvalue weighted by atomic mass is 32.2. The van der Waals surface area contributed by atoms with Crippen LogP contribution in [-0.2, 0) is 5.41 Å². The van der Waals surface area contributed by atoms with Crippen LogP contribution in [0.3, 0.4) is 0 Å². The number of nitrogens with two attached hydrogens (primary N) is 1. The van der Waals surface area contributed by atoms with Gasteiger partial charge in [0.2, 0.25) is 5.69 Å². The first-order valence-corrected chi connectivity index (χ1v) is 10.5. The number of thioether (sulfide) groups is 1. The van der Waals surface area contributed by atoms with E-state index in [0.717, 1.165) is 12.3 Å². The molecule has 1 heterocycles. The number of rotatable bonds is 6. The van der Waals surface area contributed by atoms with Crippen LogP contribution in [0.2, 0.25) is 0 Å². The van der Waals surface area contributed by atoms with Gasteiger partial charge in [0, 0.05) is 42.7 Å². The van der Waals surface area contributed by atoms with Gasteiger partial charge in [-0.2, -0.15) is 4.58 Å². The van der Waals surface area contributed by atoms with E-state index in [-0.39, 0.29) is 10.6 Å². The van der Waals surface area contributed by atoms with Crippen LogP contribution >= 0.6 is 11.8 Å². The zero-order valence-electron chi connectivity index (χ0n) is 17.1. The van der Waals surface area contributed by atoms with E-state index >= 15 is 0 Å². The lowest BCUT2D eigenvalue weighted by molar-refractivity contribution is -0.401. The molecule has 28 heavy (non-hydrogen) atoms. The minimum atomic E-state index is -0.00359. The molecule has 0 bridgehead atoms. The minimum Gasteiger partial charge on any atom is -0.379 e. The average Bonchev–Trinajstić information content (AvgIpc) is 2.86. The molecule has 0 unspecified atom stereocenters. The number of allylic oxidation sites excluding steroid dienone is 1. The Bertz CT molecular complexity index is 926. The molecule has 0 radical (unpaired) electrons. The van der Waals surface area contributed by atoms with Gasteiger partial charge in [-0.15, -0.1) is 0 Å². The van der Waals surface area contributed by atoms with E-state index in [4.69, 9.17) is 11.1 Å². The van der Waals surface area contributed by atoms with E-state index in [9.17, 15) is 0 Å². The van der Waals surface area contributed by atoms with Crippen LogP contribution in [0.25, 0.3) is 6.08 Å². The Morgan fingerprint density at radius 1 is 1.14 bits per heavy atom. The van der Waals surface area contributed by atoms with Crippen molar-refractivity contribution in [3.05, 3.63) is 65.7 Å². The predicted octanol–water partition coefficient (Wildman–Crippen LogP) is 4.47. The fraction of sp³-hybridized carbons (Fsp3) is 0.304. The Hall–Kier alpha value is -2.53. The Balaban J connectivity index is 1.72. The van der Waals surface area contributed by atoms with Gasteiger partial charge in [0.1, 0.15) is 7.05 Å². The molecule has 3 rings (SSSR count). The van der Waals surface area contributed by atoms with Gasteiger partial charge in [-0.1, -0.05) is 42.1 Å². The van der Waals surface area contributed by atoms with Crippen LogP contribution in [0.5, 0.6) is 0 Å². The third-order valence-electron chi connectivity index (χ3n) is 5.39. The van der Waals surface area contributed by atoms with Crippen LogP contribution in [0.1, 0.15) is 25.0 Å². The summed E-state index contributed by atoms with van der Waals surface area (Å²) in [5.41, 5.74) is 11.7. The molecular formula is C23H29N4S+. The number of fused-ring (bicyclic) bond motifs is 1. The SMILES string of the molecule is CN(CCSC(=N)N)c1ccc(/C=C/C2=[N+](C)c3ccccc3C2(C)C)cc1. The molecule has 0 saturated heterocycles. The first kappa shape index (κ1) is 20.2. The number of anilines is 1. The fourth-order valence-corrected chi connectivity index (χ4v) is 4.32. The van der Waals surface area contributed by atoms with Crippen molar-refractivity contribution in [2.45, 2.75) is 19.3 Å². The van der Waals surface area contributed by atoms with E-state index < -0.39 is 0 Å². The molecule has 2 aromatic rings. The minimum absolute atomic E-state index is 0.00359. The lowest BCUT2D eigenvalue weighted by Gasteiger charge is -2.19. The molecule has 0 aromatic heterocycles. The van der Waals surface area contributed by atoms with Crippen molar-refractivity contribution in [2.24, 2.45) is 5.73 Å². The molecule has 0 amide bonds. The second kappa shape index (κ2) is 8.23. The molecule has 2 aromatic carbocycles. The summed E-state index contributed by atoms with van der Waals surface area (Å²) in [6.07, 6.45) is 4.43. The maximum Gasteiger partial charge on any atom is 0.209 e. The summed E-state index contributed by atoms with van der Waals surface area (Å²) in [4.78, 5) is 2.18. The van der Waals surface area contributed by atoms with Gasteiger partial charge in [0.25, 0.3) is 0 Å². The van der Waals surface area contributed by atoms with Crippen molar-refractivity contribution in [1.29, 1.82) is 5.41 Å². The Labute approximate surface area is 172 Å². The first-order chi connectivity index (χ1) is 13.3. The van der Waals surface area contributed by atoms with Gasteiger partial charge in [-0.3, -0.25) is 5.41 Å². The second-order valence-electron chi connectivity index (χ2n) is 7.65. The number of amidine groups is 1. The highest BCUT2D eigenvalue weighted by Crippen LogP contribution is 2.39. The highest BCUT2D eigenvalue weighted by molar-refractivity contribution is 8.13. The van der Waals surface area contributed by atoms with Crippen LogP contribution in [0, 0.1) is 5.41 Å². The van der Waals surface area contributed by atoms with Crippen LogP contribution in [-0.4, -0.2) is 41.8 Å². The fourth-order valence-electron chi connectivity index (χ4n) is 3.74. The lowest BCUT2D eigenvalue weighted by Crippen LogP contribution is -2.26. The van der Waals surface area contributed by atoms with Gasteiger partial charge in [-0.05, 0) is 37.6 Å². The summed E-state index contributed by atoms with van der Waals surface area (Å²) >= 11 is 1.38. The van der Waals surface area contributed by atoms with E-state index in [1.807, 2.05) is 0 Å². The zero-order valence-corrected chi connectivity index (χ0v) is 17.9. The summed E-state index contributed by atoms with van der Waals surface area (Å²) in [6, 6.07) is 17.2. The molecule has 0 aliphatic carbocycles. The quantitative estimate of drug-likeness (QED) is 0.432. The van der Waals surface area contributed by atoms with Gasteiger partial charge in [-0.25, -0.2) is 0 Å². The van der Waals surface area contributed by atoms with Crippen molar-refractivity contribution in [1.82, 2.24) is 0 Å². The predicted molar refractivity (Wildman–Crippen MR) is 123 cm³/mol. The zero-order chi connectivity index (χ0) is 20.3. The Morgan fingerprint density at radius 2 is 1.82 bits per heavy atom. The first-order valence-electron chi connectivity index (χ1n) is 9.47. The normalized spacial score (nSPS) is 15.1. The molecule has 1 aliphatic heterocycles. The summed E-state index contributed by atoms with van der Waals surface area (Å²) in [7, 11) is 4.21. The lowest BCUT2D eigenvalue weighted by atomic mass is 9.81. The van der Waals surface area contributed by atoms with E-state index in [0.29, 0.717) is 0 Å². The standard InChI is InChI=1S/C23H29N4S/c1-23(2)19-7-5-6-8-20(19)27(4)21(23)14-11-17-9-12-18(13-10-17)26(3)15-16-28-22(24)25/h5-14H,15-16H2,1-4H3,(H3,24,25)/q+1. The molecular weight excluding hydrogens is 364 g/mol. The molecule has 146 valence electrons. The number of nitrogens with one attached hydrogen (secondary N) is 1. The molecule has 4 nitrogen and oxygen atoms in total. The second-order valence-corrected chi connectivity index (χ2v) is 8.78. The van der Waals surface area contributed by atoms with Gasteiger partial charge < -0.3 is 10.6 Å². The third kappa shape index (κ3) is 4.14. The van der Waals surface area contributed by atoms with E-state index in [1.54, 1.807) is 0 Å². The van der Waals surface area contributed by atoms with Crippen molar-refractivity contribution in [3.8, 4) is 0 Å². The Kier molecular flexibility index (Phi) is 5.94. The Morgan fingerprint density at radius 3 is 2.46 bits per heavy atom. The molecule has 1 aliphatic rings. The van der Waals surface area contributed by atoms with Gasteiger partial charge >= 0.3 is 0 Å². The van der Waals surface area contributed by atoms with Crippen LogP contribution in [0.4, 0.5) is 11.4 Å². The number of benzene rings is 2. The molecule has 0 fully saturated rings. The number of nitrogens with zero attached hydrogens (tertiary/aromatic N) is 2. The van der Waals surface area contributed by atoms with E-state index in [1.165, 1.54) is 40.0 Å². The molecule has 0 saturated carbocycles. The van der Waals surface area contributed by atoms with Crippen molar-refractivity contribution >= 4 is 40.1 Å². The molecule has 3 N–H and O–H groups in total. The van der Waals surface area contributed by atoms with Crippen molar-refractivity contribution < 1.29 is 4.58 Å². The molecule has 5 heteroatoms. The topological polar surface area (TPSA) is 56.1 Å². The van der Waals surface area contributed by atoms with Gasteiger partial charge in [0.15, 0.2) is 10.9 Å². The maximum absolute atomic E-state index is 7.28. The number of hydrogen-bond acceptors (Lipinski definition) is 3.